The van der Waals surface area contributed by atoms with Crippen LogP contribution in [0.1, 0.15) is 12.6 Å². The molecule has 2 aromatic rings. The molecule has 0 atom stereocenters. The molecule has 0 aliphatic heterocycles. The fourth-order valence-corrected chi connectivity index (χ4v) is 3.84. The van der Waals surface area contributed by atoms with Crippen molar-refractivity contribution >= 4 is 15.9 Å². The number of hydrogen-bond acceptors (Lipinski definition) is 5. The molecule has 0 saturated heterocycles. The van der Waals surface area contributed by atoms with Crippen LogP contribution >= 0.6 is 0 Å². The number of sulfonamides is 1. The molecule has 26 heavy (non-hydrogen) atoms. The highest BCUT2D eigenvalue weighted by Gasteiger charge is 2.28. The summed E-state index contributed by atoms with van der Waals surface area (Å²) in [5, 5.41) is 2.61. The molecule has 0 aliphatic carbocycles. The Bertz CT molecular complexity index is 860. The van der Waals surface area contributed by atoms with E-state index < -0.39 is 28.3 Å². The average Bonchev–Trinajstić information content (AvgIpc) is 2.65. The summed E-state index contributed by atoms with van der Waals surface area (Å²) >= 11 is 0. The van der Waals surface area contributed by atoms with Crippen LogP contribution in [0.5, 0.6) is 5.75 Å². The molecule has 1 aromatic heterocycles. The van der Waals surface area contributed by atoms with E-state index >= 15 is 0 Å². The van der Waals surface area contributed by atoms with Crippen molar-refractivity contribution in [2.75, 3.05) is 20.2 Å². The van der Waals surface area contributed by atoms with Crippen LogP contribution in [0.4, 0.5) is 4.39 Å². The van der Waals surface area contributed by atoms with Crippen molar-refractivity contribution in [2.24, 2.45) is 0 Å². The number of nitrogens with one attached hydrogen (secondary N) is 1. The molecule has 0 bridgehead atoms. The number of nitrogens with zero attached hydrogens (tertiary/aromatic N) is 2. The van der Waals surface area contributed by atoms with Crippen molar-refractivity contribution in [3.8, 4) is 5.75 Å². The monoisotopic (exact) mass is 381 g/mol. The van der Waals surface area contributed by atoms with E-state index in [1.165, 1.54) is 13.2 Å². The second-order valence-electron chi connectivity index (χ2n) is 5.32. The summed E-state index contributed by atoms with van der Waals surface area (Å²) in [5.74, 6) is -1.18. The van der Waals surface area contributed by atoms with Crippen LogP contribution in [0.15, 0.2) is 47.5 Å². The second-order valence-corrected chi connectivity index (χ2v) is 7.23. The van der Waals surface area contributed by atoms with E-state index in [9.17, 15) is 17.6 Å². The van der Waals surface area contributed by atoms with Crippen LogP contribution in [0.3, 0.4) is 0 Å². The number of carbonyl (C=O) groups is 1. The molecule has 1 N–H and O–H groups in total. The first kappa shape index (κ1) is 19.8. The van der Waals surface area contributed by atoms with Crippen LogP contribution in [-0.4, -0.2) is 43.8 Å². The van der Waals surface area contributed by atoms with Gasteiger partial charge in [-0.15, -0.1) is 0 Å². The Balaban J connectivity index is 2.14. The number of amides is 1. The molecular formula is C17H20FN3O4S. The lowest BCUT2D eigenvalue weighted by molar-refractivity contribution is -0.121. The highest BCUT2D eigenvalue weighted by Crippen LogP contribution is 2.27. The molecule has 0 spiro atoms. The minimum Gasteiger partial charge on any atom is -0.495 e. The summed E-state index contributed by atoms with van der Waals surface area (Å²) < 4.78 is 45.1. The van der Waals surface area contributed by atoms with Gasteiger partial charge in [0.15, 0.2) is 0 Å². The summed E-state index contributed by atoms with van der Waals surface area (Å²) in [6.07, 6.45) is 1.60. The summed E-state index contributed by atoms with van der Waals surface area (Å²) in [6.45, 7) is 1.42. The largest absolute Gasteiger partial charge is 0.495 e. The van der Waals surface area contributed by atoms with Crippen LogP contribution in [0, 0.1) is 5.82 Å². The minimum absolute atomic E-state index is 0.0127. The third-order valence-electron chi connectivity index (χ3n) is 3.61. The number of benzene rings is 1. The first-order chi connectivity index (χ1) is 12.4. The van der Waals surface area contributed by atoms with Gasteiger partial charge < -0.3 is 10.1 Å². The van der Waals surface area contributed by atoms with Gasteiger partial charge in [0, 0.05) is 12.7 Å². The normalized spacial score (nSPS) is 11.4. The van der Waals surface area contributed by atoms with Crippen LogP contribution < -0.4 is 10.1 Å². The summed E-state index contributed by atoms with van der Waals surface area (Å²) in [4.78, 5) is 15.9. The second kappa shape index (κ2) is 8.72. The molecule has 0 fully saturated rings. The number of hydrogen-bond donors (Lipinski definition) is 1. The SMILES string of the molecule is CCN(CC(=O)NCc1ccccn1)S(=O)(=O)c1cc(F)ccc1OC. The zero-order valence-corrected chi connectivity index (χ0v) is 15.3. The van der Waals surface area contributed by atoms with Gasteiger partial charge in [-0.2, -0.15) is 4.31 Å². The van der Waals surface area contributed by atoms with Gasteiger partial charge in [-0.25, -0.2) is 12.8 Å². The predicted molar refractivity (Wildman–Crippen MR) is 93.5 cm³/mol. The first-order valence-electron chi connectivity index (χ1n) is 7.88. The molecule has 9 heteroatoms. The Hall–Kier alpha value is -2.52. The van der Waals surface area contributed by atoms with E-state index in [-0.39, 0.29) is 23.7 Å². The molecular weight excluding hydrogens is 361 g/mol. The number of rotatable bonds is 8. The van der Waals surface area contributed by atoms with E-state index in [0.717, 1.165) is 16.4 Å². The van der Waals surface area contributed by atoms with E-state index in [4.69, 9.17) is 4.74 Å². The quantitative estimate of drug-likeness (QED) is 0.750. The maximum atomic E-state index is 13.5. The standard InChI is InChI=1S/C17H20FN3O4S/c1-3-21(12-17(22)20-11-14-6-4-5-9-19-14)26(23,24)16-10-13(18)7-8-15(16)25-2/h4-10H,3,11-12H2,1-2H3,(H,20,22). The van der Waals surface area contributed by atoms with E-state index in [1.54, 1.807) is 31.3 Å². The maximum absolute atomic E-state index is 13.5. The molecule has 1 aromatic carbocycles. The molecule has 0 unspecified atom stereocenters. The lowest BCUT2D eigenvalue weighted by Gasteiger charge is -2.21. The average molecular weight is 381 g/mol. The van der Waals surface area contributed by atoms with Crippen LogP contribution in [0.2, 0.25) is 0 Å². The zero-order chi connectivity index (χ0) is 19.2. The fraction of sp³-hybridized carbons (Fsp3) is 0.294. The third kappa shape index (κ3) is 4.77. The Morgan fingerprint density at radius 1 is 1.31 bits per heavy atom. The lowest BCUT2D eigenvalue weighted by atomic mass is 10.3. The number of aromatic nitrogens is 1. The van der Waals surface area contributed by atoms with Gasteiger partial charge in [0.05, 0.1) is 25.9 Å². The number of halogens is 1. The molecule has 1 amide bonds. The predicted octanol–water partition coefficient (Wildman–Crippen LogP) is 1.56. The van der Waals surface area contributed by atoms with Crippen molar-refractivity contribution < 1.29 is 22.3 Å². The number of methoxy groups -OCH3 is 1. The molecule has 2 rings (SSSR count). The van der Waals surface area contributed by atoms with Crippen LogP contribution in [0.25, 0.3) is 0 Å². The van der Waals surface area contributed by atoms with E-state index in [2.05, 4.69) is 10.3 Å². The smallest absolute Gasteiger partial charge is 0.247 e. The summed E-state index contributed by atoms with van der Waals surface area (Å²) in [7, 11) is -2.81. The highest BCUT2D eigenvalue weighted by atomic mass is 32.2. The molecule has 7 nitrogen and oxygen atoms in total. The molecule has 0 radical (unpaired) electrons. The van der Waals surface area contributed by atoms with Crippen LogP contribution in [-0.2, 0) is 21.4 Å². The Morgan fingerprint density at radius 3 is 2.69 bits per heavy atom. The van der Waals surface area contributed by atoms with Gasteiger partial charge in [0.2, 0.25) is 15.9 Å². The fourth-order valence-electron chi connectivity index (χ4n) is 2.27. The maximum Gasteiger partial charge on any atom is 0.247 e. The van der Waals surface area contributed by atoms with Crippen molar-refractivity contribution in [3.05, 3.63) is 54.1 Å². The third-order valence-corrected chi connectivity index (χ3v) is 5.55. The molecule has 1 heterocycles. The highest BCUT2D eigenvalue weighted by molar-refractivity contribution is 7.89. The Labute approximate surface area is 151 Å². The molecule has 140 valence electrons. The Kier molecular flexibility index (Phi) is 6.64. The van der Waals surface area contributed by atoms with Gasteiger partial charge in [0.25, 0.3) is 0 Å². The molecule has 0 saturated carbocycles. The van der Waals surface area contributed by atoms with Gasteiger partial charge in [-0.05, 0) is 30.3 Å². The van der Waals surface area contributed by atoms with Crippen molar-refractivity contribution in [1.82, 2.24) is 14.6 Å². The summed E-state index contributed by atoms with van der Waals surface area (Å²) in [6, 6.07) is 8.50. The number of carbonyl (C=O) groups excluding carboxylic acids is 1. The molecule has 0 aliphatic rings. The zero-order valence-electron chi connectivity index (χ0n) is 14.5. The van der Waals surface area contributed by atoms with Crippen molar-refractivity contribution in [3.63, 3.8) is 0 Å². The first-order valence-corrected chi connectivity index (χ1v) is 9.32. The number of ether oxygens (including phenoxy) is 1. The number of likely N-dealkylation sites (N-methyl/N-ethyl adjacent to an activating group) is 1. The number of pyridine rings is 1. The van der Waals surface area contributed by atoms with Crippen molar-refractivity contribution in [2.45, 2.75) is 18.4 Å². The van der Waals surface area contributed by atoms with Crippen molar-refractivity contribution in [1.29, 1.82) is 0 Å². The summed E-state index contributed by atoms with van der Waals surface area (Å²) in [5.41, 5.74) is 0.651. The topological polar surface area (TPSA) is 88.6 Å². The van der Waals surface area contributed by atoms with Gasteiger partial charge in [-0.1, -0.05) is 13.0 Å². The van der Waals surface area contributed by atoms with Gasteiger partial charge in [-0.3, -0.25) is 9.78 Å². The van der Waals surface area contributed by atoms with Gasteiger partial charge >= 0.3 is 0 Å². The van der Waals surface area contributed by atoms with Gasteiger partial charge in [0.1, 0.15) is 16.5 Å². The minimum atomic E-state index is -4.10. The lowest BCUT2D eigenvalue weighted by Crippen LogP contribution is -2.40. The van der Waals surface area contributed by atoms with E-state index in [1.807, 2.05) is 0 Å². The van der Waals surface area contributed by atoms with E-state index in [0.29, 0.717) is 5.69 Å². The Morgan fingerprint density at radius 2 is 2.08 bits per heavy atom.